The van der Waals surface area contributed by atoms with E-state index < -0.39 is 5.41 Å². The van der Waals surface area contributed by atoms with Gasteiger partial charge in [-0.05, 0) is 62.1 Å². The largest absolute Gasteiger partial charge is 0.368 e. The summed E-state index contributed by atoms with van der Waals surface area (Å²) in [6.07, 6.45) is 8.76. The van der Waals surface area contributed by atoms with Crippen molar-refractivity contribution >= 4 is 29.2 Å². The zero-order valence-corrected chi connectivity index (χ0v) is 23.7. The van der Waals surface area contributed by atoms with Crippen molar-refractivity contribution < 1.29 is 9.59 Å². The number of carbonyl (C=O) groups is 2. The van der Waals surface area contributed by atoms with Gasteiger partial charge in [-0.2, -0.15) is 0 Å². The first kappa shape index (κ1) is 28.5. The Balaban J connectivity index is 1.41. The molecule has 2 aliphatic heterocycles. The molecule has 0 aliphatic carbocycles. The van der Waals surface area contributed by atoms with E-state index in [1.807, 2.05) is 96.5 Å². The van der Waals surface area contributed by atoms with E-state index >= 15 is 0 Å². The topological polar surface area (TPSA) is 55.9 Å². The highest BCUT2D eigenvalue weighted by atomic mass is 35.5. The van der Waals surface area contributed by atoms with Crippen LogP contribution in [0.3, 0.4) is 0 Å². The molecule has 2 heterocycles. The first-order chi connectivity index (χ1) is 18.9. The van der Waals surface area contributed by atoms with Crippen LogP contribution in [-0.2, 0) is 10.2 Å². The molecule has 0 aromatic heterocycles. The number of halogens is 1. The highest BCUT2D eigenvalue weighted by Gasteiger charge is 2.44. The van der Waals surface area contributed by atoms with Crippen LogP contribution in [0.2, 0.25) is 5.02 Å². The Morgan fingerprint density at radius 3 is 2.15 bits per heavy atom. The number of allylic oxidation sites excluding steroid dienone is 3. The molecular weight excluding hydrogens is 508 g/mol. The summed E-state index contributed by atoms with van der Waals surface area (Å²) in [5.41, 5.74) is 2.47. The summed E-state index contributed by atoms with van der Waals surface area (Å²) >= 11 is 6.03. The van der Waals surface area contributed by atoms with Crippen LogP contribution >= 0.6 is 11.6 Å². The molecule has 39 heavy (non-hydrogen) atoms. The molecular formula is C32H39ClN4O2. The third-order valence-electron chi connectivity index (χ3n) is 8.00. The van der Waals surface area contributed by atoms with E-state index in [4.69, 9.17) is 11.6 Å². The van der Waals surface area contributed by atoms with Gasteiger partial charge in [0.25, 0.3) is 0 Å². The van der Waals surface area contributed by atoms with Crippen molar-refractivity contribution in [2.45, 2.75) is 38.1 Å². The van der Waals surface area contributed by atoms with Gasteiger partial charge in [0.15, 0.2) is 0 Å². The number of hydrogen-bond acceptors (Lipinski definition) is 3. The number of nitrogens with zero attached hydrogens (tertiary/aromatic N) is 3. The van der Waals surface area contributed by atoms with E-state index in [2.05, 4.69) is 16.8 Å². The average molecular weight is 547 g/mol. The van der Waals surface area contributed by atoms with Gasteiger partial charge in [0.05, 0.1) is 11.5 Å². The number of rotatable bonds is 7. The molecule has 206 valence electrons. The molecule has 0 spiro atoms. The lowest BCUT2D eigenvalue weighted by Crippen LogP contribution is -2.58. The summed E-state index contributed by atoms with van der Waals surface area (Å²) in [5, 5.41) is 3.98. The summed E-state index contributed by atoms with van der Waals surface area (Å²) < 4.78 is 0. The number of piperidine rings is 1. The summed E-state index contributed by atoms with van der Waals surface area (Å²) in [7, 11) is 0. The third kappa shape index (κ3) is 6.56. The highest BCUT2D eigenvalue weighted by molar-refractivity contribution is 6.30. The minimum Gasteiger partial charge on any atom is -0.368 e. The Kier molecular flexibility index (Phi) is 9.52. The summed E-state index contributed by atoms with van der Waals surface area (Å²) in [6, 6.07) is 17.8. The van der Waals surface area contributed by atoms with Crippen molar-refractivity contribution in [1.82, 2.24) is 15.1 Å². The molecule has 2 aromatic carbocycles. The quantitative estimate of drug-likeness (QED) is 0.446. The zero-order chi connectivity index (χ0) is 27.8. The second kappa shape index (κ2) is 13.0. The lowest BCUT2D eigenvalue weighted by Gasteiger charge is -2.44. The molecule has 0 radical (unpaired) electrons. The van der Waals surface area contributed by atoms with Crippen LogP contribution in [0.5, 0.6) is 0 Å². The highest BCUT2D eigenvalue weighted by Crippen LogP contribution is 2.36. The van der Waals surface area contributed by atoms with E-state index in [0.29, 0.717) is 39.0 Å². The first-order valence-electron chi connectivity index (χ1n) is 13.7. The van der Waals surface area contributed by atoms with Gasteiger partial charge in [0.1, 0.15) is 0 Å². The van der Waals surface area contributed by atoms with Gasteiger partial charge in [-0.15, -0.1) is 0 Å². The van der Waals surface area contributed by atoms with Crippen LogP contribution < -0.4 is 10.2 Å². The second-order valence-electron chi connectivity index (χ2n) is 10.2. The van der Waals surface area contributed by atoms with Crippen LogP contribution in [0.15, 0.2) is 91.1 Å². The van der Waals surface area contributed by atoms with Crippen LogP contribution in [0, 0.1) is 0 Å². The molecule has 7 heteroatoms. The molecule has 2 fully saturated rings. The number of amides is 3. The number of urea groups is 1. The number of hydrogen-bond donors (Lipinski definition) is 1. The van der Waals surface area contributed by atoms with Gasteiger partial charge >= 0.3 is 6.03 Å². The molecule has 0 bridgehead atoms. The maximum absolute atomic E-state index is 13.9. The molecule has 1 atom stereocenters. The van der Waals surface area contributed by atoms with E-state index in [-0.39, 0.29) is 18.0 Å². The third-order valence-corrected chi connectivity index (χ3v) is 8.25. The molecule has 6 nitrogen and oxygen atoms in total. The molecule has 2 aromatic rings. The van der Waals surface area contributed by atoms with Crippen LogP contribution in [0.1, 0.15) is 32.3 Å². The van der Waals surface area contributed by atoms with Crippen molar-refractivity contribution in [1.29, 1.82) is 0 Å². The van der Waals surface area contributed by atoms with Gasteiger partial charge in [0, 0.05) is 50.0 Å². The maximum Gasteiger partial charge on any atom is 0.320 e. The SMILES string of the molecule is C=C/C=C\C(=C/C)[C@H](C)NC(=O)C1(c2ccccc2)CCN(C(=O)N2CCN(c3ccc(Cl)cc3)CC2)CC1. The fourth-order valence-corrected chi connectivity index (χ4v) is 5.71. The van der Waals surface area contributed by atoms with Crippen LogP contribution in [0.4, 0.5) is 10.5 Å². The summed E-state index contributed by atoms with van der Waals surface area (Å²) in [5.74, 6) is 0.0104. The number of piperazine rings is 1. The Hall–Kier alpha value is -3.51. The second-order valence-corrected chi connectivity index (χ2v) is 10.7. The van der Waals surface area contributed by atoms with Crippen molar-refractivity contribution in [2.75, 3.05) is 44.2 Å². The standard InChI is InChI=1S/C32H39ClN4O2/c1-4-6-10-26(5-2)25(3)34-30(38)32(27-11-8-7-9-12-27)17-19-36(20-18-32)31(39)37-23-21-35(22-24-37)29-15-13-28(33)14-16-29/h4-16,25H,1,17-24H2,2-3H3,(H,34,38)/b10-6-,26-5+/t25-/m0/s1. The molecule has 2 saturated heterocycles. The van der Waals surface area contributed by atoms with Crippen molar-refractivity contribution in [3.05, 3.63) is 102 Å². The molecule has 2 aliphatic rings. The van der Waals surface area contributed by atoms with Gasteiger partial charge < -0.3 is 20.0 Å². The zero-order valence-electron chi connectivity index (χ0n) is 23.0. The summed E-state index contributed by atoms with van der Waals surface area (Å²) in [4.78, 5) is 33.5. The van der Waals surface area contributed by atoms with Gasteiger partial charge in [-0.1, -0.05) is 72.8 Å². The molecule has 1 N–H and O–H groups in total. The van der Waals surface area contributed by atoms with E-state index in [1.54, 1.807) is 6.08 Å². The van der Waals surface area contributed by atoms with E-state index in [1.165, 1.54) is 0 Å². The van der Waals surface area contributed by atoms with E-state index in [0.717, 1.165) is 34.9 Å². The van der Waals surface area contributed by atoms with Crippen LogP contribution in [0.25, 0.3) is 0 Å². The maximum atomic E-state index is 13.9. The minimum absolute atomic E-state index is 0.0104. The Morgan fingerprint density at radius 2 is 1.56 bits per heavy atom. The Labute approximate surface area is 237 Å². The normalized spacial score (nSPS) is 18.6. The molecule has 3 amide bonds. The van der Waals surface area contributed by atoms with Crippen molar-refractivity contribution in [3.8, 4) is 0 Å². The Bertz CT molecular complexity index is 1190. The van der Waals surface area contributed by atoms with E-state index in [9.17, 15) is 9.59 Å². The average Bonchev–Trinajstić information content (AvgIpc) is 2.98. The number of carbonyl (C=O) groups excluding carboxylic acids is 2. The number of benzene rings is 2. The first-order valence-corrected chi connectivity index (χ1v) is 14.1. The fraction of sp³-hybridized carbons (Fsp3) is 0.375. The lowest BCUT2D eigenvalue weighted by atomic mass is 9.71. The van der Waals surface area contributed by atoms with Crippen molar-refractivity contribution in [2.24, 2.45) is 0 Å². The predicted molar refractivity (Wildman–Crippen MR) is 160 cm³/mol. The van der Waals surface area contributed by atoms with Crippen LogP contribution in [-0.4, -0.2) is 67.0 Å². The van der Waals surface area contributed by atoms with Crippen molar-refractivity contribution in [3.63, 3.8) is 0 Å². The molecule has 0 unspecified atom stereocenters. The van der Waals surface area contributed by atoms with Gasteiger partial charge in [-0.25, -0.2) is 4.79 Å². The minimum atomic E-state index is -0.680. The monoisotopic (exact) mass is 546 g/mol. The number of nitrogens with one attached hydrogen (secondary N) is 1. The summed E-state index contributed by atoms with van der Waals surface area (Å²) in [6.45, 7) is 11.7. The molecule has 0 saturated carbocycles. The van der Waals surface area contributed by atoms with Gasteiger partial charge in [0.2, 0.25) is 5.91 Å². The molecule has 4 rings (SSSR count). The lowest BCUT2D eigenvalue weighted by molar-refractivity contribution is -0.128. The number of likely N-dealkylation sites (tertiary alicyclic amines) is 1. The fourth-order valence-electron chi connectivity index (χ4n) is 5.58. The Morgan fingerprint density at radius 1 is 0.949 bits per heavy atom. The van der Waals surface area contributed by atoms with Gasteiger partial charge in [-0.3, -0.25) is 4.79 Å². The number of anilines is 1. The smallest absolute Gasteiger partial charge is 0.320 e. The predicted octanol–water partition coefficient (Wildman–Crippen LogP) is 5.81.